The number of carbonyl (C=O) groups is 2. The van der Waals surface area contributed by atoms with Crippen LogP contribution in [0.25, 0.3) is 0 Å². The van der Waals surface area contributed by atoms with Gasteiger partial charge in [-0.1, -0.05) is 38.7 Å². The lowest BCUT2D eigenvalue weighted by Gasteiger charge is -2.10. The van der Waals surface area contributed by atoms with Crippen LogP contribution in [0.5, 0.6) is 0 Å². The van der Waals surface area contributed by atoms with Gasteiger partial charge >= 0.3 is 11.9 Å². The molecule has 1 unspecified atom stereocenters. The zero-order valence-electron chi connectivity index (χ0n) is 12.2. The first-order valence-corrected chi connectivity index (χ1v) is 7.29. The number of hydrogen-bond donors (Lipinski definition) is 3. The topological polar surface area (TPSA) is 94.8 Å². The molecular formula is C15H26O5. The Morgan fingerprint density at radius 3 is 2.15 bits per heavy atom. The molecule has 3 N–H and O–H groups in total. The van der Waals surface area contributed by atoms with Crippen LogP contribution in [0.1, 0.15) is 64.7 Å². The van der Waals surface area contributed by atoms with Crippen LogP contribution in [0.15, 0.2) is 11.6 Å². The van der Waals surface area contributed by atoms with E-state index in [0.29, 0.717) is 19.3 Å². The Balaban J connectivity index is 3.86. The predicted molar refractivity (Wildman–Crippen MR) is 76.6 cm³/mol. The van der Waals surface area contributed by atoms with E-state index in [1.165, 1.54) is 6.08 Å². The largest absolute Gasteiger partial charge is 0.481 e. The van der Waals surface area contributed by atoms with Crippen molar-refractivity contribution in [2.45, 2.75) is 70.8 Å². The van der Waals surface area contributed by atoms with Crippen molar-refractivity contribution in [2.75, 3.05) is 0 Å². The maximum absolute atomic E-state index is 10.9. The molecule has 1 atom stereocenters. The highest BCUT2D eigenvalue weighted by Crippen LogP contribution is 2.14. The Morgan fingerprint density at radius 1 is 1.05 bits per heavy atom. The summed E-state index contributed by atoms with van der Waals surface area (Å²) in [6.45, 7) is 2.11. The summed E-state index contributed by atoms with van der Waals surface area (Å²) in [5.41, 5.74) is 0.146. The van der Waals surface area contributed by atoms with Gasteiger partial charge in [0, 0.05) is 5.57 Å². The van der Waals surface area contributed by atoms with Gasteiger partial charge in [-0.05, 0) is 25.7 Å². The van der Waals surface area contributed by atoms with Crippen molar-refractivity contribution in [2.24, 2.45) is 0 Å². The van der Waals surface area contributed by atoms with Gasteiger partial charge < -0.3 is 15.3 Å². The zero-order valence-corrected chi connectivity index (χ0v) is 12.2. The molecule has 5 nitrogen and oxygen atoms in total. The Kier molecular flexibility index (Phi) is 10.7. The van der Waals surface area contributed by atoms with Crippen LogP contribution in [0.3, 0.4) is 0 Å². The van der Waals surface area contributed by atoms with Gasteiger partial charge in [0.1, 0.15) is 0 Å². The van der Waals surface area contributed by atoms with E-state index >= 15 is 0 Å². The molecule has 20 heavy (non-hydrogen) atoms. The molecule has 0 spiro atoms. The van der Waals surface area contributed by atoms with E-state index in [-0.39, 0.29) is 18.1 Å². The second-order valence-electron chi connectivity index (χ2n) is 5.03. The summed E-state index contributed by atoms with van der Waals surface area (Å²) in [6.07, 6.45) is 7.20. The van der Waals surface area contributed by atoms with Crippen molar-refractivity contribution in [1.82, 2.24) is 0 Å². The molecule has 5 heteroatoms. The summed E-state index contributed by atoms with van der Waals surface area (Å²) in [5.74, 6) is -2.09. The van der Waals surface area contributed by atoms with E-state index in [1.54, 1.807) is 0 Å². The van der Waals surface area contributed by atoms with Crippen LogP contribution in [-0.4, -0.2) is 33.4 Å². The van der Waals surface area contributed by atoms with Crippen LogP contribution < -0.4 is 0 Å². The number of aliphatic carboxylic acids is 2. The van der Waals surface area contributed by atoms with E-state index in [9.17, 15) is 14.7 Å². The zero-order chi connectivity index (χ0) is 15.4. The highest BCUT2D eigenvalue weighted by molar-refractivity contribution is 5.87. The van der Waals surface area contributed by atoms with Crippen molar-refractivity contribution in [3.05, 3.63) is 11.6 Å². The fourth-order valence-corrected chi connectivity index (χ4v) is 1.98. The summed E-state index contributed by atoms with van der Waals surface area (Å²) >= 11 is 0. The van der Waals surface area contributed by atoms with Crippen molar-refractivity contribution in [3.63, 3.8) is 0 Å². The molecule has 116 valence electrons. The van der Waals surface area contributed by atoms with Gasteiger partial charge in [0.15, 0.2) is 0 Å². The van der Waals surface area contributed by atoms with Crippen molar-refractivity contribution in [1.29, 1.82) is 0 Å². The van der Waals surface area contributed by atoms with Crippen LogP contribution in [0.4, 0.5) is 0 Å². The highest BCUT2D eigenvalue weighted by atomic mass is 16.4. The molecule has 0 aromatic heterocycles. The third kappa shape index (κ3) is 10.6. The van der Waals surface area contributed by atoms with Crippen LogP contribution in [-0.2, 0) is 9.59 Å². The summed E-state index contributed by atoms with van der Waals surface area (Å²) in [4.78, 5) is 21.3. The van der Waals surface area contributed by atoms with Crippen LogP contribution in [0.2, 0.25) is 0 Å². The minimum atomic E-state index is -1.06. The molecule has 0 saturated heterocycles. The van der Waals surface area contributed by atoms with Crippen molar-refractivity contribution in [3.8, 4) is 0 Å². The molecule has 0 aliphatic carbocycles. The van der Waals surface area contributed by atoms with Gasteiger partial charge in [-0.15, -0.1) is 0 Å². The van der Waals surface area contributed by atoms with Gasteiger partial charge in [-0.25, -0.2) is 4.79 Å². The van der Waals surface area contributed by atoms with E-state index in [1.807, 2.05) is 0 Å². The van der Waals surface area contributed by atoms with Crippen LogP contribution in [0, 0.1) is 0 Å². The predicted octanol–water partition coefficient (Wildman–Crippen LogP) is 2.97. The maximum atomic E-state index is 10.9. The second kappa shape index (κ2) is 11.5. The number of rotatable bonds is 12. The van der Waals surface area contributed by atoms with Gasteiger partial charge in [-0.2, -0.15) is 0 Å². The first-order valence-electron chi connectivity index (χ1n) is 7.29. The molecule has 0 radical (unpaired) electrons. The van der Waals surface area contributed by atoms with Crippen LogP contribution >= 0.6 is 0 Å². The van der Waals surface area contributed by atoms with Gasteiger partial charge in [0.25, 0.3) is 0 Å². The van der Waals surface area contributed by atoms with Gasteiger partial charge in [-0.3, -0.25) is 4.79 Å². The number of unbranched alkanes of at least 4 members (excludes halogenated alkanes) is 3. The van der Waals surface area contributed by atoms with E-state index < -0.39 is 11.9 Å². The molecule has 0 aliphatic rings. The highest BCUT2D eigenvalue weighted by Gasteiger charge is 2.09. The fourth-order valence-electron chi connectivity index (χ4n) is 1.98. The molecule has 0 aromatic rings. The second-order valence-corrected chi connectivity index (χ2v) is 5.03. The molecule has 0 amide bonds. The minimum Gasteiger partial charge on any atom is -0.481 e. The molecule has 0 aromatic carbocycles. The fraction of sp³-hybridized carbons (Fsp3) is 0.733. The lowest BCUT2D eigenvalue weighted by atomic mass is 10.0. The van der Waals surface area contributed by atoms with E-state index in [2.05, 4.69) is 6.92 Å². The smallest absolute Gasteiger partial charge is 0.331 e. The number of aliphatic hydroxyl groups is 1. The molecule has 0 saturated carbocycles. The Bertz CT molecular complexity index is 322. The Labute approximate surface area is 120 Å². The number of carboxylic acid groups (broad SMARTS) is 2. The Morgan fingerprint density at radius 2 is 1.65 bits per heavy atom. The van der Waals surface area contributed by atoms with E-state index in [4.69, 9.17) is 10.2 Å². The standard InChI is InChI=1S/C15H26O5/c1-2-3-4-8-13(16)9-6-5-7-12(15(19)20)10-11-14(17)18/h10,13,16H,2-9,11H2,1H3,(H,17,18)(H,19,20)/b12-10-. The van der Waals surface area contributed by atoms with Crippen molar-refractivity contribution < 1.29 is 24.9 Å². The SMILES string of the molecule is CCCCCC(O)CCCC/C(=C/CC(=O)O)C(=O)O. The average molecular weight is 286 g/mol. The number of aliphatic hydroxyl groups excluding tert-OH is 1. The third-order valence-electron chi connectivity index (χ3n) is 3.17. The average Bonchev–Trinajstić information content (AvgIpc) is 2.37. The summed E-state index contributed by atoms with van der Waals surface area (Å²) < 4.78 is 0. The molecule has 0 heterocycles. The van der Waals surface area contributed by atoms with E-state index in [0.717, 1.165) is 32.1 Å². The molecule has 0 rings (SSSR count). The van der Waals surface area contributed by atoms with Gasteiger partial charge in [0.05, 0.1) is 12.5 Å². The molecule has 0 aliphatic heterocycles. The first kappa shape index (κ1) is 18.6. The lowest BCUT2D eigenvalue weighted by Crippen LogP contribution is -2.07. The first-order chi connectivity index (χ1) is 9.47. The molecule has 0 bridgehead atoms. The number of carboxylic acids is 2. The monoisotopic (exact) mass is 286 g/mol. The summed E-state index contributed by atoms with van der Waals surface area (Å²) in [7, 11) is 0. The van der Waals surface area contributed by atoms with Gasteiger partial charge in [0.2, 0.25) is 0 Å². The third-order valence-corrected chi connectivity index (χ3v) is 3.17. The lowest BCUT2D eigenvalue weighted by molar-refractivity contribution is -0.136. The van der Waals surface area contributed by atoms with Crippen molar-refractivity contribution >= 4 is 11.9 Å². The quantitative estimate of drug-likeness (QED) is 0.379. The number of hydrogen-bond acceptors (Lipinski definition) is 3. The minimum absolute atomic E-state index is 0.146. The Hall–Kier alpha value is -1.36. The maximum Gasteiger partial charge on any atom is 0.331 e. The molecule has 0 fully saturated rings. The summed E-state index contributed by atoms with van der Waals surface area (Å²) in [5, 5.41) is 27.2. The molecular weight excluding hydrogens is 260 g/mol. The summed E-state index contributed by atoms with van der Waals surface area (Å²) in [6, 6.07) is 0. The normalized spacial score (nSPS) is 13.2.